The Balaban J connectivity index is 1.92. The van der Waals surface area contributed by atoms with E-state index in [0.29, 0.717) is 6.04 Å². The molecular formula is C18H34N2O3. The summed E-state index contributed by atoms with van der Waals surface area (Å²) in [6, 6.07) is 0.495. The Labute approximate surface area is 140 Å². The van der Waals surface area contributed by atoms with E-state index in [0.717, 1.165) is 57.6 Å². The van der Waals surface area contributed by atoms with Crippen molar-refractivity contribution >= 4 is 6.03 Å². The Morgan fingerprint density at radius 3 is 2.65 bits per heavy atom. The lowest BCUT2D eigenvalue weighted by atomic mass is 9.86. The number of urea groups is 1. The Morgan fingerprint density at radius 1 is 1.30 bits per heavy atom. The molecule has 2 N–H and O–H groups in total. The molecule has 2 unspecified atom stereocenters. The van der Waals surface area contributed by atoms with Crippen LogP contribution in [0.4, 0.5) is 4.79 Å². The maximum Gasteiger partial charge on any atom is 0.317 e. The van der Waals surface area contributed by atoms with Gasteiger partial charge in [0.25, 0.3) is 0 Å². The molecule has 5 heteroatoms. The average Bonchev–Trinajstić information content (AvgIpc) is 3.04. The van der Waals surface area contributed by atoms with Crippen LogP contribution in [-0.4, -0.2) is 54.0 Å². The van der Waals surface area contributed by atoms with Crippen LogP contribution in [0.25, 0.3) is 0 Å². The molecule has 2 aliphatic rings. The first-order valence-electron chi connectivity index (χ1n) is 9.39. The minimum absolute atomic E-state index is 0.0468. The van der Waals surface area contributed by atoms with Crippen molar-refractivity contribution in [3.8, 4) is 0 Å². The summed E-state index contributed by atoms with van der Waals surface area (Å²) in [5.41, 5.74) is 0. The van der Waals surface area contributed by atoms with E-state index >= 15 is 0 Å². The van der Waals surface area contributed by atoms with E-state index in [1.807, 2.05) is 11.8 Å². The highest BCUT2D eigenvalue weighted by Crippen LogP contribution is 2.28. The average molecular weight is 326 g/mol. The van der Waals surface area contributed by atoms with Crippen molar-refractivity contribution in [1.29, 1.82) is 0 Å². The first-order chi connectivity index (χ1) is 11.1. The summed E-state index contributed by atoms with van der Waals surface area (Å²) >= 11 is 0. The van der Waals surface area contributed by atoms with Gasteiger partial charge in [-0.15, -0.1) is 0 Å². The fourth-order valence-electron chi connectivity index (χ4n) is 3.72. The van der Waals surface area contributed by atoms with E-state index in [4.69, 9.17) is 9.84 Å². The fourth-order valence-corrected chi connectivity index (χ4v) is 3.72. The molecule has 5 nitrogen and oxygen atoms in total. The second-order valence-electron chi connectivity index (χ2n) is 7.42. The first kappa shape index (κ1) is 18.5. The molecule has 2 atom stereocenters. The van der Waals surface area contributed by atoms with Crippen molar-refractivity contribution in [1.82, 2.24) is 10.2 Å². The molecule has 1 saturated heterocycles. The molecule has 23 heavy (non-hydrogen) atoms. The van der Waals surface area contributed by atoms with Crippen LogP contribution in [0.2, 0.25) is 0 Å². The smallest absolute Gasteiger partial charge is 0.317 e. The van der Waals surface area contributed by atoms with E-state index in [-0.39, 0.29) is 24.8 Å². The monoisotopic (exact) mass is 326 g/mol. The number of aliphatic hydroxyl groups excluding tert-OH is 1. The lowest BCUT2D eigenvalue weighted by molar-refractivity contribution is 0.0594. The molecule has 2 amide bonds. The molecule has 0 aromatic rings. The third-order valence-electron chi connectivity index (χ3n) is 5.28. The Bertz CT molecular complexity index is 350. The number of carbonyl (C=O) groups excluding carboxylic acids is 1. The van der Waals surface area contributed by atoms with Crippen LogP contribution in [-0.2, 0) is 4.74 Å². The molecular weight excluding hydrogens is 292 g/mol. The summed E-state index contributed by atoms with van der Waals surface area (Å²) in [5, 5.41) is 12.1. The van der Waals surface area contributed by atoms with Crippen LogP contribution in [0.15, 0.2) is 0 Å². The van der Waals surface area contributed by atoms with Crippen LogP contribution in [0.5, 0.6) is 0 Å². The highest BCUT2D eigenvalue weighted by Gasteiger charge is 2.31. The molecule has 1 saturated carbocycles. The van der Waals surface area contributed by atoms with E-state index in [2.05, 4.69) is 12.2 Å². The Kier molecular flexibility index (Phi) is 7.63. The van der Waals surface area contributed by atoms with Gasteiger partial charge in [0, 0.05) is 31.8 Å². The van der Waals surface area contributed by atoms with Crippen LogP contribution in [0.3, 0.4) is 0 Å². The maximum absolute atomic E-state index is 12.8. The zero-order chi connectivity index (χ0) is 16.7. The second-order valence-corrected chi connectivity index (χ2v) is 7.42. The number of hydrogen-bond donors (Lipinski definition) is 2. The highest BCUT2D eigenvalue weighted by atomic mass is 16.5. The molecule has 2 rings (SSSR count). The zero-order valence-corrected chi connectivity index (χ0v) is 14.8. The minimum Gasteiger partial charge on any atom is -0.396 e. The molecule has 1 heterocycles. The van der Waals surface area contributed by atoms with Crippen LogP contribution in [0.1, 0.15) is 65.2 Å². The Morgan fingerprint density at radius 2 is 2.04 bits per heavy atom. The molecule has 2 fully saturated rings. The lowest BCUT2D eigenvalue weighted by Crippen LogP contribution is -2.52. The van der Waals surface area contributed by atoms with Crippen molar-refractivity contribution in [2.24, 2.45) is 5.92 Å². The predicted octanol–water partition coefficient (Wildman–Crippen LogP) is 2.92. The number of nitrogens with one attached hydrogen (secondary N) is 1. The number of ether oxygens (including phenoxy) is 1. The van der Waals surface area contributed by atoms with Crippen LogP contribution < -0.4 is 5.32 Å². The van der Waals surface area contributed by atoms with E-state index in [1.54, 1.807) is 0 Å². The summed E-state index contributed by atoms with van der Waals surface area (Å²) in [6.07, 6.45) is 8.54. The molecule has 0 radical (unpaired) electrons. The molecule has 0 aromatic heterocycles. The van der Waals surface area contributed by atoms with Gasteiger partial charge >= 0.3 is 6.03 Å². The third-order valence-corrected chi connectivity index (χ3v) is 5.28. The highest BCUT2D eigenvalue weighted by molar-refractivity contribution is 5.75. The SMILES string of the molecule is CC1CCC(N(CC2CCCO2)C(=O)NC(C)CCCO)CC1. The fraction of sp³-hybridized carbons (Fsp3) is 0.944. The lowest BCUT2D eigenvalue weighted by Gasteiger charge is -2.38. The van der Waals surface area contributed by atoms with E-state index < -0.39 is 0 Å². The zero-order valence-electron chi connectivity index (χ0n) is 14.8. The molecule has 1 aliphatic heterocycles. The van der Waals surface area contributed by atoms with Gasteiger partial charge < -0.3 is 20.1 Å². The summed E-state index contributed by atoms with van der Waals surface area (Å²) < 4.78 is 5.76. The van der Waals surface area contributed by atoms with Crippen molar-refractivity contribution in [3.63, 3.8) is 0 Å². The van der Waals surface area contributed by atoms with Gasteiger partial charge in [0.05, 0.1) is 6.10 Å². The number of carbonyl (C=O) groups is 1. The molecule has 1 aliphatic carbocycles. The Hall–Kier alpha value is -0.810. The van der Waals surface area contributed by atoms with Gasteiger partial charge in [-0.2, -0.15) is 0 Å². The maximum atomic E-state index is 12.8. The van der Waals surface area contributed by atoms with Gasteiger partial charge in [-0.25, -0.2) is 4.79 Å². The minimum atomic E-state index is 0.0468. The molecule has 0 aromatic carbocycles. The first-order valence-corrected chi connectivity index (χ1v) is 9.39. The number of nitrogens with zero attached hydrogens (tertiary/aromatic N) is 1. The van der Waals surface area contributed by atoms with Gasteiger partial charge in [0.15, 0.2) is 0 Å². The number of rotatable bonds is 7. The van der Waals surface area contributed by atoms with Crippen LogP contribution >= 0.6 is 0 Å². The summed E-state index contributed by atoms with van der Waals surface area (Å²) in [5.74, 6) is 0.780. The van der Waals surface area contributed by atoms with Gasteiger partial charge in [-0.05, 0) is 64.2 Å². The normalized spacial score (nSPS) is 29.3. The van der Waals surface area contributed by atoms with Crippen molar-refractivity contribution in [2.75, 3.05) is 19.8 Å². The number of amides is 2. The summed E-state index contributed by atoms with van der Waals surface area (Å²) in [4.78, 5) is 14.8. The second kappa shape index (κ2) is 9.48. The van der Waals surface area contributed by atoms with Gasteiger partial charge in [0.1, 0.15) is 0 Å². The van der Waals surface area contributed by atoms with E-state index in [1.165, 1.54) is 12.8 Å². The number of aliphatic hydroxyl groups is 1. The topological polar surface area (TPSA) is 61.8 Å². The predicted molar refractivity (Wildman–Crippen MR) is 91.4 cm³/mol. The van der Waals surface area contributed by atoms with Gasteiger partial charge in [-0.1, -0.05) is 6.92 Å². The molecule has 0 spiro atoms. The van der Waals surface area contributed by atoms with Crippen LogP contribution in [0, 0.1) is 5.92 Å². The summed E-state index contributed by atoms with van der Waals surface area (Å²) in [6.45, 7) is 6.05. The number of hydrogen-bond acceptors (Lipinski definition) is 3. The third kappa shape index (κ3) is 5.96. The quantitative estimate of drug-likeness (QED) is 0.756. The van der Waals surface area contributed by atoms with Gasteiger partial charge in [0.2, 0.25) is 0 Å². The van der Waals surface area contributed by atoms with Crippen molar-refractivity contribution in [3.05, 3.63) is 0 Å². The standard InChI is InChI=1S/C18H34N2O3/c1-14-7-9-16(10-8-14)20(13-17-6-4-12-23-17)18(22)19-15(2)5-3-11-21/h14-17,21H,3-13H2,1-2H3,(H,19,22). The molecule has 0 bridgehead atoms. The summed E-state index contributed by atoms with van der Waals surface area (Å²) in [7, 11) is 0. The van der Waals surface area contributed by atoms with Crippen molar-refractivity contribution < 1.29 is 14.6 Å². The van der Waals surface area contributed by atoms with E-state index in [9.17, 15) is 4.79 Å². The van der Waals surface area contributed by atoms with Gasteiger partial charge in [-0.3, -0.25) is 0 Å². The largest absolute Gasteiger partial charge is 0.396 e. The molecule has 134 valence electrons. The van der Waals surface area contributed by atoms with Crippen molar-refractivity contribution in [2.45, 2.75) is 83.4 Å².